The van der Waals surface area contributed by atoms with Crippen molar-refractivity contribution >= 4 is 12.3 Å². The highest BCUT2D eigenvalue weighted by Gasteiger charge is 2.31. The highest BCUT2D eigenvalue weighted by molar-refractivity contribution is 5.74. The first-order valence-corrected chi connectivity index (χ1v) is 5.92. The molecule has 0 N–H and O–H groups in total. The van der Waals surface area contributed by atoms with Crippen LogP contribution in [0.3, 0.4) is 0 Å². The summed E-state index contributed by atoms with van der Waals surface area (Å²) < 4.78 is 5.33. The number of hydrogen-bond donors (Lipinski definition) is 0. The Morgan fingerprint density at radius 1 is 1.50 bits per heavy atom. The molecule has 5 heteroatoms. The number of hydrogen-bond acceptors (Lipinski definition) is 4. The maximum Gasteiger partial charge on any atom is 0.431 e. The van der Waals surface area contributed by atoms with Crippen molar-refractivity contribution in [3.05, 3.63) is 30.1 Å². The van der Waals surface area contributed by atoms with E-state index < -0.39 is 11.7 Å². The maximum absolute atomic E-state index is 12.0. The summed E-state index contributed by atoms with van der Waals surface area (Å²) in [6.07, 6.45) is 5.44. The molecule has 0 saturated heterocycles. The Bertz CT molecular complexity index is 451. The molecule has 2 rings (SSSR count). The first-order chi connectivity index (χ1) is 8.47. The van der Waals surface area contributed by atoms with Crippen molar-refractivity contribution in [2.24, 2.45) is 5.10 Å². The summed E-state index contributed by atoms with van der Waals surface area (Å²) in [6, 6.07) is 3.67. The van der Waals surface area contributed by atoms with E-state index >= 15 is 0 Å². The molecule has 0 aromatic carbocycles. The fraction of sp³-hybridized carbons (Fsp3) is 0.462. The molecule has 0 unspecified atom stereocenters. The van der Waals surface area contributed by atoms with E-state index in [1.54, 1.807) is 18.6 Å². The van der Waals surface area contributed by atoms with E-state index in [0.717, 1.165) is 5.56 Å². The van der Waals surface area contributed by atoms with Gasteiger partial charge in [0.2, 0.25) is 0 Å². The minimum Gasteiger partial charge on any atom is -0.442 e. The molecule has 0 bridgehead atoms. The summed E-state index contributed by atoms with van der Waals surface area (Å²) >= 11 is 0. The number of carbonyl (C=O) groups is 1. The molecule has 0 aliphatic carbocycles. The number of aromatic nitrogens is 1. The molecule has 96 valence electrons. The molecule has 0 saturated carbocycles. The normalized spacial score (nSPS) is 19.1. The van der Waals surface area contributed by atoms with E-state index in [-0.39, 0.29) is 6.04 Å². The van der Waals surface area contributed by atoms with Crippen molar-refractivity contribution in [2.45, 2.75) is 38.8 Å². The van der Waals surface area contributed by atoms with E-state index in [1.807, 2.05) is 32.9 Å². The molecule has 1 atom stereocenters. The maximum atomic E-state index is 12.0. The van der Waals surface area contributed by atoms with Crippen LogP contribution < -0.4 is 0 Å². The quantitative estimate of drug-likeness (QED) is 0.766. The molecule has 0 radical (unpaired) electrons. The van der Waals surface area contributed by atoms with Crippen molar-refractivity contribution in [3.8, 4) is 0 Å². The summed E-state index contributed by atoms with van der Waals surface area (Å²) in [6.45, 7) is 5.51. The third-order valence-corrected chi connectivity index (χ3v) is 2.48. The monoisotopic (exact) mass is 247 g/mol. The number of amides is 1. The van der Waals surface area contributed by atoms with Gasteiger partial charge in [0.1, 0.15) is 5.60 Å². The summed E-state index contributed by atoms with van der Waals surface area (Å²) in [4.78, 5) is 16.1. The minimum absolute atomic E-state index is 0.117. The molecule has 1 aromatic rings. The lowest BCUT2D eigenvalue weighted by Crippen LogP contribution is -2.34. The standard InChI is InChI=1S/C13H17N3O2/c1-13(2,3)18-12(17)16-11(6-8-15-16)10-5-4-7-14-9-10/h4-5,7-9,11H,6H2,1-3H3/t11-/m1/s1. The number of carbonyl (C=O) groups excluding carboxylic acids is 1. The third-order valence-electron chi connectivity index (χ3n) is 2.48. The van der Waals surface area contributed by atoms with Gasteiger partial charge in [0.25, 0.3) is 0 Å². The Balaban J connectivity index is 2.13. The average Bonchev–Trinajstić information content (AvgIpc) is 2.76. The zero-order valence-corrected chi connectivity index (χ0v) is 10.8. The van der Waals surface area contributed by atoms with E-state index in [4.69, 9.17) is 4.74 Å². The van der Waals surface area contributed by atoms with Crippen LogP contribution >= 0.6 is 0 Å². The molecule has 1 aliphatic heterocycles. The lowest BCUT2D eigenvalue weighted by atomic mass is 10.1. The van der Waals surface area contributed by atoms with Gasteiger partial charge in [-0.2, -0.15) is 10.1 Å². The molecule has 1 aliphatic rings. The molecule has 2 heterocycles. The Morgan fingerprint density at radius 2 is 2.28 bits per heavy atom. The highest BCUT2D eigenvalue weighted by atomic mass is 16.6. The predicted molar refractivity (Wildman–Crippen MR) is 68.2 cm³/mol. The summed E-state index contributed by atoms with van der Waals surface area (Å²) in [5, 5.41) is 5.46. The van der Waals surface area contributed by atoms with Gasteiger partial charge in [0, 0.05) is 25.0 Å². The topological polar surface area (TPSA) is 54.8 Å². The van der Waals surface area contributed by atoms with Gasteiger partial charge >= 0.3 is 6.09 Å². The first-order valence-electron chi connectivity index (χ1n) is 5.92. The Morgan fingerprint density at radius 3 is 2.89 bits per heavy atom. The number of hydrazone groups is 1. The van der Waals surface area contributed by atoms with Gasteiger partial charge in [-0.3, -0.25) is 4.98 Å². The van der Waals surface area contributed by atoms with Crippen LogP contribution in [0.5, 0.6) is 0 Å². The van der Waals surface area contributed by atoms with Crippen molar-refractivity contribution in [3.63, 3.8) is 0 Å². The van der Waals surface area contributed by atoms with E-state index in [9.17, 15) is 4.79 Å². The van der Waals surface area contributed by atoms with Gasteiger partial charge in [-0.05, 0) is 32.4 Å². The van der Waals surface area contributed by atoms with Crippen LogP contribution in [0.4, 0.5) is 4.79 Å². The summed E-state index contributed by atoms with van der Waals surface area (Å²) in [7, 11) is 0. The zero-order valence-electron chi connectivity index (χ0n) is 10.8. The SMILES string of the molecule is CC(C)(C)OC(=O)N1N=CC[C@@H]1c1cccnc1. The largest absolute Gasteiger partial charge is 0.442 e. The van der Waals surface area contributed by atoms with E-state index in [0.29, 0.717) is 6.42 Å². The number of pyridine rings is 1. The second kappa shape index (κ2) is 4.76. The molecule has 1 amide bonds. The van der Waals surface area contributed by atoms with Crippen molar-refractivity contribution in [2.75, 3.05) is 0 Å². The average molecular weight is 247 g/mol. The van der Waals surface area contributed by atoms with Crippen LogP contribution in [0.15, 0.2) is 29.6 Å². The van der Waals surface area contributed by atoms with Crippen molar-refractivity contribution in [1.82, 2.24) is 9.99 Å². The minimum atomic E-state index is -0.519. The first kappa shape index (κ1) is 12.5. The molecule has 18 heavy (non-hydrogen) atoms. The number of nitrogens with zero attached hydrogens (tertiary/aromatic N) is 3. The van der Waals surface area contributed by atoms with E-state index in [2.05, 4.69) is 10.1 Å². The molecular weight excluding hydrogens is 230 g/mol. The Hall–Kier alpha value is -1.91. The highest BCUT2D eigenvalue weighted by Crippen LogP contribution is 2.28. The number of ether oxygens (including phenoxy) is 1. The molecule has 5 nitrogen and oxygen atoms in total. The third kappa shape index (κ3) is 2.85. The summed E-state index contributed by atoms with van der Waals surface area (Å²) in [5.41, 5.74) is 0.440. The van der Waals surface area contributed by atoms with E-state index in [1.165, 1.54) is 5.01 Å². The van der Waals surface area contributed by atoms with Gasteiger partial charge in [-0.15, -0.1) is 0 Å². The lowest BCUT2D eigenvalue weighted by Gasteiger charge is -2.26. The Labute approximate surface area is 106 Å². The Kier molecular flexibility index (Phi) is 3.32. The van der Waals surface area contributed by atoms with Crippen LogP contribution in [0.2, 0.25) is 0 Å². The second-order valence-electron chi connectivity index (χ2n) is 5.16. The lowest BCUT2D eigenvalue weighted by molar-refractivity contribution is 0.0195. The fourth-order valence-electron chi connectivity index (χ4n) is 1.75. The predicted octanol–water partition coefficient (Wildman–Crippen LogP) is 2.75. The number of rotatable bonds is 1. The van der Waals surface area contributed by atoms with Gasteiger partial charge < -0.3 is 4.74 Å². The second-order valence-corrected chi connectivity index (χ2v) is 5.16. The zero-order chi connectivity index (χ0) is 13.2. The van der Waals surface area contributed by atoms with Crippen LogP contribution in [0, 0.1) is 0 Å². The van der Waals surface area contributed by atoms with Gasteiger partial charge in [-0.1, -0.05) is 6.07 Å². The van der Waals surface area contributed by atoms with Gasteiger partial charge in [0.15, 0.2) is 0 Å². The molecule has 0 spiro atoms. The van der Waals surface area contributed by atoms with Crippen LogP contribution in [0.1, 0.15) is 38.8 Å². The molecular formula is C13H17N3O2. The molecule has 1 aromatic heterocycles. The fourth-order valence-corrected chi connectivity index (χ4v) is 1.75. The molecule has 0 fully saturated rings. The van der Waals surface area contributed by atoms with Crippen molar-refractivity contribution in [1.29, 1.82) is 0 Å². The van der Waals surface area contributed by atoms with Crippen molar-refractivity contribution < 1.29 is 9.53 Å². The smallest absolute Gasteiger partial charge is 0.431 e. The van der Waals surface area contributed by atoms with Gasteiger partial charge in [0.05, 0.1) is 6.04 Å². The van der Waals surface area contributed by atoms with Crippen LogP contribution in [0.25, 0.3) is 0 Å². The van der Waals surface area contributed by atoms with Crippen LogP contribution in [-0.2, 0) is 4.74 Å². The summed E-state index contributed by atoms with van der Waals surface area (Å²) in [5.74, 6) is 0. The van der Waals surface area contributed by atoms with Crippen LogP contribution in [-0.4, -0.2) is 27.9 Å². The van der Waals surface area contributed by atoms with Gasteiger partial charge in [-0.25, -0.2) is 4.79 Å².